The maximum atomic E-state index is 14.7. The zero-order chi connectivity index (χ0) is 17.5. The van der Waals surface area contributed by atoms with Gasteiger partial charge in [0.25, 0.3) is 5.92 Å². The summed E-state index contributed by atoms with van der Waals surface area (Å²) in [5.41, 5.74) is -1.36. The minimum absolute atomic E-state index is 0.00879. The number of likely N-dealkylation sites (tertiary alicyclic amines) is 1. The second-order valence-electron chi connectivity index (χ2n) is 6.81. The van der Waals surface area contributed by atoms with Crippen LogP contribution in [0.15, 0.2) is 18.3 Å². The third-order valence-corrected chi connectivity index (χ3v) is 5.01. The van der Waals surface area contributed by atoms with Crippen LogP contribution in [0.5, 0.6) is 0 Å². The van der Waals surface area contributed by atoms with Crippen molar-refractivity contribution in [2.24, 2.45) is 5.41 Å². The third kappa shape index (κ3) is 2.67. The summed E-state index contributed by atoms with van der Waals surface area (Å²) in [5, 5.41) is 0. The van der Waals surface area contributed by atoms with E-state index in [-0.39, 0.29) is 44.3 Å². The smallest absolute Gasteiger partial charge is 0.319 e. The van der Waals surface area contributed by atoms with Crippen molar-refractivity contribution in [3.8, 4) is 0 Å². The number of carbonyl (C=O) groups excluding carboxylic acids is 1. The van der Waals surface area contributed by atoms with Crippen LogP contribution < -0.4 is 4.90 Å². The van der Waals surface area contributed by atoms with E-state index in [4.69, 9.17) is 0 Å². The van der Waals surface area contributed by atoms with Crippen molar-refractivity contribution in [1.29, 1.82) is 0 Å². The Bertz CT molecular complexity index is 640. The summed E-state index contributed by atoms with van der Waals surface area (Å²) in [7, 11) is 3.21. The van der Waals surface area contributed by atoms with Gasteiger partial charge in [-0.1, -0.05) is 0 Å². The molecule has 0 aliphatic carbocycles. The van der Waals surface area contributed by atoms with Crippen LogP contribution in [0.1, 0.15) is 12.8 Å². The molecule has 1 aromatic rings. The second-order valence-corrected chi connectivity index (χ2v) is 6.81. The van der Waals surface area contributed by atoms with Gasteiger partial charge in [0.1, 0.15) is 0 Å². The summed E-state index contributed by atoms with van der Waals surface area (Å²) >= 11 is 0. The molecule has 0 bridgehead atoms. The van der Waals surface area contributed by atoms with Gasteiger partial charge in [-0.3, -0.25) is 0 Å². The molecular formula is C16H21F3N4O. The third-order valence-electron chi connectivity index (χ3n) is 5.01. The number of pyridine rings is 1. The molecule has 8 heteroatoms. The van der Waals surface area contributed by atoms with Gasteiger partial charge < -0.3 is 14.7 Å². The number of rotatable bonds is 1. The van der Waals surface area contributed by atoms with E-state index in [9.17, 15) is 18.0 Å². The molecule has 1 spiro atoms. The Hall–Kier alpha value is -1.99. The first-order valence-electron chi connectivity index (χ1n) is 7.95. The first kappa shape index (κ1) is 16.9. The van der Waals surface area contributed by atoms with Crippen LogP contribution in [0.2, 0.25) is 0 Å². The number of amides is 2. The minimum atomic E-state index is -2.89. The van der Waals surface area contributed by atoms with E-state index >= 15 is 0 Å². The summed E-state index contributed by atoms with van der Waals surface area (Å²) in [6.07, 6.45) is 1.28. The number of halogens is 3. The van der Waals surface area contributed by atoms with Gasteiger partial charge in [-0.2, -0.15) is 0 Å². The maximum absolute atomic E-state index is 14.7. The molecule has 2 amide bonds. The molecule has 0 N–H and O–H groups in total. The second kappa shape index (κ2) is 5.82. The van der Waals surface area contributed by atoms with Crippen molar-refractivity contribution < 1.29 is 18.0 Å². The maximum Gasteiger partial charge on any atom is 0.319 e. The van der Waals surface area contributed by atoms with Crippen LogP contribution in [0.3, 0.4) is 0 Å². The first-order valence-corrected chi connectivity index (χ1v) is 7.95. The molecular weight excluding hydrogens is 321 g/mol. The van der Waals surface area contributed by atoms with E-state index < -0.39 is 17.2 Å². The number of hydrogen-bond acceptors (Lipinski definition) is 3. The Morgan fingerprint density at radius 2 is 2.00 bits per heavy atom. The fourth-order valence-electron chi connectivity index (χ4n) is 3.64. The molecule has 2 aliphatic heterocycles. The van der Waals surface area contributed by atoms with E-state index in [1.807, 2.05) is 0 Å². The van der Waals surface area contributed by atoms with Gasteiger partial charge in [0, 0.05) is 52.9 Å². The zero-order valence-electron chi connectivity index (χ0n) is 13.8. The number of hydrogen-bond donors (Lipinski definition) is 0. The Morgan fingerprint density at radius 3 is 2.67 bits per heavy atom. The highest BCUT2D eigenvalue weighted by Gasteiger charge is 2.60. The fourth-order valence-corrected chi connectivity index (χ4v) is 3.64. The highest BCUT2D eigenvalue weighted by Crippen LogP contribution is 2.50. The lowest BCUT2D eigenvalue weighted by atomic mass is 9.75. The van der Waals surface area contributed by atoms with Gasteiger partial charge in [0.15, 0.2) is 11.6 Å². The molecule has 24 heavy (non-hydrogen) atoms. The van der Waals surface area contributed by atoms with Crippen LogP contribution in [-0.2, 0) is 0 Å². The average molecular weight is 342 g/mol. The van der Waals surface area contributed by atoms with Gasteiger partial charge in [0.05, 0.1) is 5.41 Å². The number of carbonyl (C=O) groups is 1. The average Bonchev–Trinajstić information content (AvgIpc) is 2.95. The molecule has 132 valence electrons. The van der Waals surface area contributed by atoms with Crippen molar-refractivity contribution in [2.75, 3.05) is 45.2 Å². The number of aromatic nitrogens is 1. The Balaban J connectivity index is 1.85. The van der Waals surface area contributed by atoms with E-state index in [0.29, 0.717) is 6.54 Å². The molecule has 0 aromatic carbocycles. The molecule has 0 radical (unpaired) electrons. The van der Waals surface area contributed by atoms with Gasteiger partial charge in [-0.05, 0) is 18.6 Å². The largest absolute Gasteiger partial charge is 0.353 e. The van der Waals surface area contributed by atoms with Crippen LogP contribution >= 0.6 is 0 Å². The Morgan fingerprint density at radius 1 is 1.25 bits per heavy atom. The number of piperidine rings is 1. The molecule has 2 fully saturated rings. The monoisotopic (exact) mass is 342 g/mol. The number of anilines is 1. The van der Waals surface area contributed by atoms with Crippen molar-refractivity contribution >= 4 is 11.8 Å². The minimum Gasteiger partial charge on any atom is -0.353 e. The highest BCUT2D eigenvalue weighted by atomic mass is 19.3. The quantitative estimate of drug-likeness (QED) is 0.787. The Kier molecular flexibility index (Phi) is 4.09. The predicted molar refractivity (Wildman–Crippen MR) is 83.7 cm³/mol. The van der Waals surface area contributed by atoms with Crippen LogP contribution in [0, 0.1) is 11.2 Å². The molecule has 0 unspecified atom stereocenters. The van der Waals surface area contributed by atoms with Crippen LogP contribution in [0.4, 0.5) is 23.8 Å². The standard InChI is InChI=1S/C16H21F3N4O/c1-21(2)14(24)23-9-6-16(18,19)15(11-23)5-8-22(10-15)13-12(17)4-3-7-20-13/h3-4,7H,5-6,8-11H2,1-2H3/t15-/m0/s1. The van der Waals surface area contributed by atoms with Gasteiger partial charge in [0.2, 0.25) is 0 Å². The van der Waals surface area contributed by atoms with E-state index in [0.717, 1.165) is 0 Å². The fraction of sp³-hybridized carbons (Fsp3) is 0.625. The summed E-state index contributed by atoms with van der Waals surface area (Å²) in [6.45, 7) is 0.296. The first-order chi connectivity index (χ1) is 11.3. The van der Waals surface area contributed by atoms with E-state index in [2.05, 4.69) is 4.98 Å². The Labute approximate surface area is 139 Å². The van der Waals surface area contributed by atoms with E-state index in [1.54, 1.807) is 19.0 Å². The van der Waals surface area contributed by atoms with Crippen LogP contribution in [0.25, 0.3) is 0 Å². The SMILES string of the molecule is CN(C)C(=O)N1CCC(F)(F)[C@]2(CCN(c3ncccc3F)C2)C1. The lowest BCUT2D eigenvalue weighted by molar-refractivity contribution is -0.150. The van der Waals surface area contributed by atoms with Gasteiger partial charge in [-0.25, -0.2) is 22.9 Å². The lowest BCUT2D eigenvalue weighted by Gasteiger charge is -2.46. The molecule has 3 rings (SSSR count). The van der Waals surface area contributed by atoms with Gasteiger partial charge >= 0.3 is 6.03 Å². The molecule has 1 atom stereocenters. The number of urea groups is 1. The molecule has 5 nitrogen and oxygen atoms in total. The van der Waals surface area contributed by atoms with Crippen LogP contribution in [-0.4, -0.2) is 67.0 Å². The van der Waals surface area contributed by atoms with Gasteiger partial charge in [-0.15, -0.1) is 0 Å². The summed E-state index contributed by atoms with van der Waals surface area (Å²) in [4.78, 5) is 20.6. The topological polar surface area (TPSA) is 39.7 Å². The summed E-state index contributed by atoms with van der Waals surface area (Å²) < 4.78 is 43.3. The van der Waals surface area contributed by atoms with Crippen molar-refractivity contribution in [3.05, 3.63) is 24.1 Å². The predicted octanol–water partition coefficient (Wildman–Crippen LogP) is 2.44. The normalized spacial score (nSPS) is 26.0. The lowest BCUT2D eigenvalue weighted by Crippen LogP contribution is -2.59. The summed E-state index contributed by atoms with van der Waals surface area (Å²) in [5.74, 6) is -3.31. The number of nitrogens with zero attached hydrogens (tertiary/aromatic N) is 4. The zero-order valence-corrected chi connectivity index (χ0v) is 13.8. The number of alkyl halides is 2. The molecule has 0 saturated carbocycles. The molecule has 3 heterocycles. The van der Waals surface area contributed by atoms with Crippen molar-refractivity contribution in [2.45, 2.75) is 18.8 Å². The molecule has 2 aliphatic rings. The summed E-state index contributed by atoms with van der Waals surface area (Å²) in [6, 6.07) is 2.47. The molecule has 1 aromatic heterocycles. The van der Waals surface area contributed by atoms with E-state index in [1.165, 1.54) is 28.1 Å². The molecule has 2 saturated heterocycles. The highest BCUT2D eigenvalue weighted by molar-refractivity contribution is 5.74. The van der Waals surface area contributed by atoms with Crippen molar-refractivity contribution in [3.63, 3.8) is 0 Å². The van der Waals surface area contributed by atoms with Crippen molar-refractivity contribution in [1.82, 2.24) is 14.8 Å².